The Labute approximate surface area is 147 Å². The first-order valence-electron chi connectivity index (χ1n) is 8.05. The number of carbonyl (C=O) groups excluding carboxylic acids is 2. The molecule has 0 aromatic heterocycles. The Bertz CT molecular complexity index is 735. The van der Waals surface area contributed by atoms with Gasteiger partial charge in [-0.3, -0.25) is 9.59 Å². The van der Waals surface area contributed by atoms with E-state index in [1.54, 1.807) is 54.6 Å². The van der Waals surface area contributed by atoms with Crippen molar-refractivity contribution < 1.29 is 14.3 Å². The number of amides is 2. The number of anilines is 2. The molecule has 0 radical (unpaired) electrons. The second kappa shape index (κ2) is 8.68. The molecule has 0 atom stereocenters. The minimum atomic E-state index is -0.214. The van der Waals surface area contributed by atoms with E-state index < -0.39 is 0 Å². The second-order valence-corrected chi connectivity index (χ2v) is 5.80. The normalized spacial score (nSPS) is 10.2. The number of nitrogens with one attached hydrogen (secondary N) is 2. The predicted molar refractivity (Wildman–Crippen MR) is 100.0 cm³/mol. The smallest absolute Gasteiger partial charge is 0.255 e. The van der Waals surface area contributed by atoms with Crippen molar-refractivity contribution in [1.82, 2.24) is 0 Å². The van der Waals surface area contributed by atoms with Gasteiger partial charge in [0.05, 0.1) is 0 Å². The van der Waals surface area contributed by atoms with Crippen molar-refractivity contribution in [1.29, 1.82) is 0 Å². The Balaban J connectivity index is 1.95. The Hall–Kier alpha value is -3.08. The van der Waals surface area contributed by atoms with Crippen molar-refractivity contribution in [3.8, 4) is 5.75 Å². The van der Waals surface area contributed by atoms with Crippen LogP contribution in [-0.2, 0) is 4.79 Å². The zero-order valence-corrected chi connectivity index (χ0v) is 14.4. The summed E-state index contributed by atoms with van der Waals surface area (Å²) in [6.45, 7) is 7.67. The summed E-state index contributed by atoms with van der Waals surface area (Å²) in [5.41, 5.74) is 1.88. The highest BCUT2D eigenvalue weighted by molar-refractivity contribution is 6.04. The predicted octanol–water partition coefficient (Wildman–Crippen LogP) is 4.10. The topological polar surface area (TPSA) is 67.4 Å². The molecule has 130 valence electrons. The Kier molecular flexibility index (Phi) is 6.34. The van der Waals surface area contributed by atoms with E-state index in [0.29, 0.717) is 29.3 Å². The molecule has 0 saturated heterocycles. The molecule has 0 heterocycles. The summed E-state index contributed by atoms with van der Waals surface area (Å²) in [6.07, 6.45) is 1.66. The maximum atomic E-state index is 12.3. The highest BCUT2D eigenvalue weighted by atomic mass is 16.5. The minimum Gasteiger partial charge on any atom is -0.490 e. The van der Waals surface area contributed by atoms with Crippen molar-refractivity contribution >= 4 is 23.2 Å². The highest BCUT2D eigenvalue weighted by Gasteiger charge is 2.08. The standard InChI is InChI=1S/C20H22N2O3/c1-4-13-25-18-11-5-15(6-12-18)20(24)22-17-9-7-16(8-10-17)21-19(23)14(2)3/h4-12,14H,1,13H2,2-3H3,(H,21,23)(H,22,24). The van der Waals surface area contributed by atoms with Crippen LogP contribution in [0.2, 0.25) is 0 Å². The van der Waals surface area contributed by atoms with Crippen LogP contribution in [0.1, 0.15) is 24.2 Å². The van der Waals surface area contributed by atoms with Gasteiger partial charge in [-0.1, -0.05) is 26.5 Å². The van der Waals surface area contributed by atoms with Crippen molar-refractivity contribution in [2.45, 2.75) is 13.8 Å². The second-order valence-electron chi connectivity index (χ2n) is 5.80. The number of carbonyl (C=O) groups is 2. The van der Waals surface area contributed by atoms with Crippen LogP contribution in [-0.4, -0.2) is 18.4 Å². The molecule has 0 aliphatic heterocycles. The molecule has 25 heavy (non-hydrogen) atoms. The average molecular weight is 338 g/mol. The van der Waals surface area contributed by atoms with E-state index in [2.05, 4.69) is 17.2 Å². The average Bonchev–Trinajstić information content (AvgIpc) is 2.61. The zero-order valence-electron chi connectivity index (χ0n) is 14.4. The third kappa shape index (κ3) is 5.49. The monoisotopic (exact) mass is 338 g/mol. The molecule has 0 bridgehead atoms. The highest BCUT2D eigenvalue weighted by Crippen LogP contribution is 2.17. The lowest BCUT2D eigenvalue weighted by molar-refractivity contribution is -0.118. The summed E-state index contributed by atoms with van der Waals surface area (Å²) >= 11 is 0. The molecule has 0 aliphatic rings. The molecule has 0 aliphatic carbocycles. The van der Waals surface area contributed by atoms with E-state index in [1.165, 1.54) is 0 Å². The van der Waals surface area contributed by atoms with E-state index in [4.69, 9.17) is 4.74 Å². The van der Waals surface area contributed by atoms with E-state index >= 15 is 0 Å². The molecule has 0 unspecified atom stereocenters. The van der Waals surface area contributed by atoms with Crippen molar-refractivity contribution in [2.24, 2.45) is 5.92 Å². The van der Waals surface area contributed by atoms with Crippen LogP contribution in [0, 0.1) is 5.92 Å². The summed E-state index contributed by atoms with van der Waals surface area (Å²) in [7, 11) is 0. The van der Waals surface area contributed by atoms with Gasteiger partial charge in [-0.05, 0) is 48.5 Å². The summed E-state index contributed by atoms with van der Waals surface area (Å²) in [4.78, 5) is 23.9. The molecule has 0 fully saturated rings. The van der Waals surface area contributed by atoms with Crippen LogP contribution in [0.4, 0.5) is 11.4 Å². The molecule has 5 heteroatoms. The first-order valence-corrected chi connectivity index (χ1v) is 8.05. The quantitative estimate of drug-likeness (QED) is 0.747. The molecule has 2 aromatic rings. The fraction of sp³-hybridized carbons (Fsp3) is 0.200. The Morgan fingerprint density at radius 1 is 1.00 bits per heavy atom. The lowest BCUT2D eigenvalue weighted by Crippen LogP contribution is -2.17. The largest absolute Gasteiger partial charge is 0.490 e. The van der Waals surface area contributed by atoms with E-state index in [-0.39, 0.29) is 17.7 Å². The number of ether oxygens (including phenoxy) is 1. The van der Waals surface area contributed by atoms with Gasteiger partial charge < -0.3 is 15.4 Å². The van der Waals surface area contributed by atoms with Gasteiger partial charge in [0.1, 0.15) is 12.4 Å². The number of rotatable bonds is 7. The van der Waals surface area contributed by atoms with Gasteiger partial charge in [-0.2, -0.15) is 0 Å². The van der Waals surface area contributed by atoms with Gasteiger partial charge in [0.15, 0.2) is 0 Å². The molecule has 2 rings (SSSR count). The molecular formula is C20H22N2O3. The lowest BCUT2D eigenvalue weighted by atomic mass is 10.2. The fourth-order valence-corrected chi connectivity index (χ4v) is 1.98. The maximum absolute atomic E-state index is 12.3. The molecular weight excluding hydrogens is 316 g/mol. The third-order valence-corrected chi connectivity index (χ3v) is 3.42. The van der Waals surface area contributed by atoms with Crippen molar-refractivity contribution in [3.05, 3.63) is 66.7 Å². The lowest BCUT2D eigenvalue weighted by Gasteiger charge is -2.10. The van der Waals surface area contributed by atoms with Crippen LogP contribution in [0.15, 0.2) is 61.2 Å². The van der Waals surface area contributed by atoms with Crippen molar-refractivity contribution in [3.63, 3.8) is 0 Å². The SMILES string of the molecule is C=CCOc1ccc(C(=O)Nc2ccc(NC(=O)C(C)C)cc2)cc1. The summed E-state index contributed by atoms with van der Waals surface area (Å²) in [5.74, 6) is 0.337. The van der Waals surface area contributed by atoms with Gasteiger partial charge in [0.2, 0.25) is 5.91 Å². The Morgan fingerprint density at radius 3 is 2.08 bits per heavy atom. The zero-order chi connectivity index (χ0) is 18.2. The molecule has 2 amide bonds. The number of hydrogen-bond donors (Lipinski definition) is 2. The number of benzene rings is 2. The van der Waals surface area contributed by atoms with Gasteiger partial charge >= 0.3 is 0 Å². The summed E-state index contributed by atoms with van der Waals surface area (Å²) in [6, 6.07) is 13.9. The summed E-state index contributed by atoms with van der Waals surface area (Å²) < 4.78 is 5.39. The third-order valence-electron chi connectivity index (χ3n) is 3.42. The van der Waals surface area contributed by atoms with Gasteiger partial charge in [0.25, 0.3) is 5.91 Å². The van der Waals surface area contributed by atoms with E-state index in [1.807, 2.05) is 13.8 Å². The van der Waals surface area contributed by atoms with Gasteiger partial charge in [-0.25, -0.2) is 0 Å². The molecule has 2 N–H and O–H groups in total. The van der Waals surface area contributed by atoms with Crippen LogP contribution in [0.3, 0.4) is 0 Å². The van der Waals surface area contributed by atoms with Crippen molar-refractivity contribution in [2.75, 3.05) is 17.2 Å². The van der Waals surface area contributed by atoms with Crippen LogP contribution in [0.5, 0.6) is 5.75 Å². The van der Waals surface area contributed by atoms with Crippen LogP contribution in [0.25, 0.3) is 0 Å². The van der Waals surface area contributed by atoms with Gasteiger partial charge in [-0.15, -0.1) is 0 Å². The van der Waals surface area contributed by atoms with Gasteiger partial charge in [0, 0.05) is 22.9 Å². The van der Waals surface area contributed by atoms with Crippen LogP contribution >= 0.6 is 0 Å². The minimum absolute atomic E-state index is 0.0458. The first-order chi connectivity index (χ1) is 12.0. The molecule has 0 spiro atoms. The molecule has 0 saturated carbocycles. The van der Waals surface area contributed by atoms with E-state index in [9.17, 15) is 9.59 Å². The fourth-order valence-electron chi connectivity index (χ4n) is 1.98. The van der Waals surface area contributed by atoms with E-state index in [0.717, 1.165) is 0 Å². The number of hydrogen-bond acceptors (Lipinski definition) is 3. The Morgan fingerprint density at radius 2 is 1.56 bits per heavy atom. The first kappa shape index (κ1) is 18.3. The molecule has 2 aromatic carbocycles. The van der Waals surface area contributed by atoms with Crippen LogP contribution < -0.4 is 15.4 Å². The maximum Gasteiger partial charge on any atom is 0.255 e. The molecule has 5 nitrogen and oxygen atoms in total. The summed E-state index contributed by atoms with van der Waals surface area (Å²) in [5, 5.41) is 5.62.